The third-order valence-electron chi connectivity index (χ3n) is 3.71. The second kappa shape index (κ2) is 4.11. The highest BCUT2D eigenvalue weighted by atomic mass is 32.1. The lowest BCUT2D eigenvalue weighted by Crippen LogP contribution is -2.41. The summed E-state index contributed by atoms with van der Waals surface area (Å²) in [7, 11) is 0. The first-order chi connectivity index (χ1) is 7.81. The van der Waals surface area contributed by atoms with Crippen molar-refractivity contribution in [1.29, 1.82) is 0 Å². The molecule has 0 spiro atoms. The third kappa shape index (κ3) is 2.38. The first-order valence-electron chi connectivity index (χ1n) is 5.99. The van der Waals surface area contributed by atoms with E-state index < -0.39 is 5.60 Å². The van der Waals surface area contributed by atoms with Gasteiger partial charge in [-0.1, -0.05) is 39.0 Å². The van der Waals surface area contributed by atoms with Gasteiger partial charge in [-0.05, 0) is 34.7 Å². The van der Waals surface area contributed by atoms with Gasteiger partial charge in [0.1, 0.15) is 0 Å². The van der Waals surface area contributed by atoms with Gasteiger partial charge in [-0.15, -0.1) is 11.3 Å². The van der Waals surface area contributed by atoms with E-state index in [9.17, 15) is 5.11 Å². The molecule has 1 aromatic carbocycles. The average Bonchev–Trinajstić information content (AvgIpc) is 2.60. The van der Waals surface area contributed by atoms with Crippen LogP contribution in [0.15, 0.2) is 29.6 Å². The molecule has 1 atom stereocenters. The maximum atomic E-state index is 10.6. The molecule has 2 aromatic rings. The smallest absolute Gasteiger partial charge is 0.0708 e. The zero-order chi connectivity index (χ0) is 12.7. The van der Waals surface area contributed by atoms with Gasteiger partial charge in [-0.3, -0.25) is 0 Å². The van der Waals surface area contributed by atoms with Crippen LogP contribution >= 0.6 is 11.3 Å². The van der Waals surface area contributed by atoms with E-state index in [0.717, 1.165) is 0 Å². The third-order valence-corrected chi connectivity index (χ3v) is 4.72. The molecule has 2 heteroatoms. The molecule has 0 aliphatic rings. The maximum Gasteiger partial charge on any atom is 0.0708 e. The molecule has 1 N–H and O–H groups in total. The number of thiophene rings is 1. The van der Waals surface area contributed by atoms with Gasteiger partial charge in [0.25, 0.3) is 0 Å². The number of hydrogen-bond acceptors (Lipinski definition) is 2. The largest absolute Gasteiger partial charge is 0.389 e. The zero-order valence-corrected chi connectivity index (χ0v) is 11.8. The first kappa shape index (κ1) is 12.6. The van der Waals surface area contributed by atoms with E-state index in [1.165, 1.54) is 15.6 Å². The predicted molar refractivity (Wildman–Crippen MR) is 75.6 cm³/mol. The van der Waals surface area contributed by atoms with Gasteiger partial charge in [0.2, 0.25) is 0 Å². The Kier molecular flexibility index (Phi) is 3.04. The average molecular weight is 248 g/mol. The van der Waals surface area contributed by atoms with Gasteiger partial charge >= 0.3 is 0 Å². The lowest BCUT2D eigenvalue weighted by molar-refractivity contribution is -0.0402. The minimum absolute atomic E-state index is 0.115. The van der Waals surface area contributed by atoms with Crippen molar-refractivity contribution in [3.63, 3.8) is 0 Å². The van der Waals surface area contributed by atoms with Crippen LogP contribution < -0.4 is 0 Å². The summed E-state index contributed by atoms with van der Waals surface area (Å²) in [6, 6.07) is 8.39. The number of aliphatic hydroxyl groups is 1. The Morgan fingerprint density at radius 1 is 1.12 bits per heavy atom. The molecule has 1 heterocycles. The maximum absolute atomic E-state index is 10.6. The number of fused-ring (bicyclic) bond motifs is 1. The van der Waals surface area contributed by atoms with Crippen molar-refractivity contribution in [1.82, 2.24) is 0 Å². The summed E-state index contributed by atoms with van der Waals surface area (Å²) in [6.07, 6.45) is 0.709. The Morgan fingerprint density at radius 3 is 2.41 bits per heavy atom. The van der Waals surface area contributed by atoms with Crippen LogP contribution in [0.4, 0.5) is 0 Å². The van der Waals surface area contributed by atoms with E-state index >= 15 is 0 Å². The minimum Gasteiger partial charge on any atom is -0.389 e. The van der Waals surface area contributed by atoms with Crippen LogP contribution in [-0.2, 0) is 6.42 Å². The summed E-state index contributed by atoms with van der Waals surface area (Å²) in [5, 5.41) is 14.0. The molecule has 2 rings (SSSR count). The van der Waals surface area contributed by atoms with Crippen molar-refractivity contribution in [3.05, 3.63) is 35.2 Å². The molecule has 0 fully saturated rings. The molecule has 0 aliphatic carbocycles. The normalized spacial score (nSPS) is 16.1. The van der Waals surface area contributed by atoms with Gasteiger partial charge in [0.15, 0.2) is 0 Å². The van der Waals surface area contributed by atoms with Crippen molar-refractivity contribution in [2.75, 3.05) is 0 Å². The van der Waals surface area contributed by atoms with E-state index in [-0.39, 0.29) is 5.41 Å². The molecule has 0 saturated heterocycles. The summed E-state index contributed by atoms with van der Waals surface area (Å²) in [5.74, 6) is 0. The molecule has 0 aliphatic heterocycles. The summed E-state index contributed by atoms with van der Waals surface area (Å²) in [4.78, 5) is 0. The van der Waals surface area contributed by atoms with E-state index in [0.29, 0.717) is 6.42 Å². The molecule has 92 valence electrons. The van der Waals surface area contributed by atoms with Crippen molar-refractivity contribution < 1.29 is 5.11 Å². The van der Waals surface area contributed by atoms with Crippen LogP contribution in [-0.4, -0.2) is 10.7 Å². The Balaban J connectivity index is 2.37. The second-order valence-corrected chi connectivity index (χ2v) is 6.87. The second-order valence-electron chi connectivity index (χ2n) is 5.96. The summed E-state index contributed by atoms with van der Waals surface area (Å²) >= 11 is 1.75. The Bertz CT molecular complexity index is 517. The molecule has 1 unspecified atom stereocenters. The Hall–Kier alpha value is -0.860. The van der Waals surface area contributed by atoms with Gasteiger partial charge in [-0.2, -0.15) is 0 Å². The lowest BCUT2D eigenvalue weighted by atomic mass is 9.74. The zero-order valence-electron chi connectivity index (χ0n) is 10.9. The highest BCUT2D eigenvalue weighted by Gasteiger charge is 2.35. The minimum atomic E-state index is -0.684. The Labute approximate surface area is 107 Å². The first-order valence-corrected chi connectivity index (χ1v) is 6.87. The van der Waals surface area contributed by atoms with Crippen molar-refractivity contribution in [2.24, 2.45) is 5.41 Å². The van der Waals surface area contributed by atoms with Gasteiger partial charge < -0.3 is 5.11 Å². The monoisotopic (exact) mass is 248 g/mol. The van der Waals surface area contributed by atoms with E-state index in [1.54, 1.807) is 11.3 Å². The van der Waals surface area contributed by atoms with Crippen LogP contribution in [0, 0.1) is 5.41 Å². The molecule has 17 heavy (non-hydrogen) atoms. The number of benzene rings is 1. The summed E-state index contributed by atoms with van der Waals surface area (Å²) in [6.45, 7) is 8.18. The van der Waals surface area contributed by atoms with Gasteiger partial charge in [0.05, 0.1) is 5.60 Å². The highest BCUT2D eigenvalue weighted by molar-refractivity contribution is 7.17. The van der Waals surface area contributed by atoms with E-state index in [2.05, 4.69) is 50.4 Å². The summed E-state index contributed by atoms with van der Waals surface area (Å²) < 4.78 is 1.30. The molecule has 1 aromatic heterocycles. The number of rotatable bonds is 2. The van der Waals surface area contributed by atoms with Gasteiger partial charge in [-0.25, -0.2) is 0 Å². The lowest BCUT2D eigenvalue weighted by Gasteiger charge is -2.37. The molecular weight excluding hydrogens is 228 g/mol. The van der Waals surface area contributed by atoms with Crippen LogP contribution in [0.3, 0.4) is 0 Å². The van der Waals surface area contributed by atoms with Crippen LogP contribution in [0.5, 0.6) is 0 Å². The SMILES string of the molecule is CC(C)(C)C(C)(O)Cc1csc2ccccc12. The number of hydrogen-bond donors (Lipinski definition) is 1. The molecular formula is C15H20OS. The van der Waals surface area contributed by atoms with Gasteiger partial charge in [0, 0.05) is 11.1 Å². The molecule has 0 amide bonds. The topological polar surface area (TPSA) is 20.2 Å². The van der Waals surface area contributed by atoms with E-state index in [1.807, 2.05) is 6.92 Å². The molecule has 0 bridgehead atoms. The Morgan fingerprint density at radius 2 is 1.76 bits per heavy atom. The fourth-order valence-corrected chi connectivity index (χ4v) is 2.77. The van der Waals surface area contributed by atoms with Crippen LogP contribution in [0.1, 0.15) is 33.3 Å². The predicted octanol–water partition coefficient (Wildman–Crippen LogP) is 4.24. The van der Waals surface area contributed by atoms with Crippen molar-refractivity contribution >= 4 is 21.4 Å². The standard InChI is InChI=1S/C15H20OS/c1-14(2,3)15(4,16)9-11-10-17-13-8-6-5-7-12(11)13/h5-8,10,16H,9H2,1-4H3. The fourth-order valence-electron chi connectivity index (χ4n) is 1.81. The summed E-state index contributed by atoms with van der Waals surface area (Å²) in [5.41, 5.74) is 0.456. The van der Waals surface area contributed by atoms with E-state index in [4.69, 9.17) is 0 Å². The molecule has 1 nitrogen and oxygen atoms in total. The fraction of sp³-hybridized carbons (Fsp3) is 0.467. The van der Waals surface area contributed by atoms with Crippen LogP contribution in [0.25, 0.3) is 10.1 Å². The highest BCUT2D eigenvalue weighted by Crippen LogP contribution is 2.36. The molecule has 0 saturated carbocycles. The quantitative estimate of drug-likeness (QED) is 0.842. The van der Waals surface area contributed by atoms with Crippen molar-refractivity contribution in [2.45, 2.75) is 39.7 Å². The van der Waals surface area contributed by atoms with Crippen LogP contribution in [0.2, 0.25) is 0 Å². The van der Waals surface area contributed by atoms with Crippen molar-refractivity contribution in [3.8, 4) is 0 Å². The molecule has 0 radical (unpaired) electrons.